The third kappa shape index (κ3) is 6.59. The van der Waals surface area contributed by atoms with Crippen LogP contribution in [0.3, 0.4) is 0 Å². The van der Waals surface area contributed by atoms with E-state index >= 15 is 0 Å². The van der Waals surface area contributed by atoms with Crippen LogP contribution in [0.5, 0.6) is 0 Å². The molecule has 0 heterocycles. The fraction of sp³-hybridized carbons (Fsp3) is 0.381. The molecule has 134 valence electrons. The van der Waals surface area contributed by atoms with Crippen molar-refractivity contribution in [2.24, 2.45) is 4.99 Å². The van der Waals surface area contributed by atoms with Crippen molar-refractivity contribution >= 4 is 5.96 Å². The van der Waals surface area contributed by atoms with Gasteiger partial charge in [-0.15, -0.1) is 0 Å². The van der Waals surface area contributed by atoms with E-state index in [0.717, 1.165) is 32.0 Å². The monoisotopic (exact) mass is 338 g/mol. The lowest BCUT2D eigenvalue weighted by Gasteiger charge is -2.21. The molecule has 0 atom stereocenters. The number of hydrogen-bond acceptors (Lipinski definition) is 2. The van der Waals surface area contributed by atoms with Crippen molar-refractivity contribution in [3.63, 3.8) is 0 Å². The molecule has 2 N–H and O–H groups in total. The molecule has 0 spiro atoms. The van der Waals surface area contributed by atoms with Crippen LogP contribution in [0.1, 0.15) is 23.5 Å². The Hall–Kier alpha value is -2.33. The molecular weight excluding hydrogens is 308 g/mol. The molecule has 0 aromatic heterocycles. The van der Waals surface area contributed by atoms with Crippen molar-refractivity contribution in [3.05, 3.63) is 71.8 Å². The molecular formula is C21H30N4. The first-order valence-corrected chi connectivity index (χ1v) is 8.90. The van der Waals surface area contributed by atoms with Gasteiger partial charge in [0.15, 0.2) is 5.96 Å². The van der Waals surface area contributed by atoms with Gasteiger partial charge in [-0.3, -0.25) is 4.99 Å². The molecule has 25 heavy (non-hydrogen) atoms. The van der Waals surface area contributed by atoms with Gasteiger partial charge in [-0.25, -0.2) is 0 Å². The smallest absolute Gasteiger partial charge is 0.191 e. The maximum absolute atomic E-state index is 4.34. The summed E-state index contributed by atoms with van der Waals surface area (Å²) in [5.41, 5.74) is 2.62. The van der Waals surface area contributed by atoms with E-state index in [1.165, 1.54) is 11.1 Å². The van der Waals surface area contributed by atoms with E-state index in [4.69, 9.17) is 0 Å². The third-order valence-corrected chi connectivity index (χ3v) is 4.18. The van der Waals surface area contributed by atoms with E-state index in [1.54, 1.807) is 0 Å². The van der Waals surface area contributed by atoms with Gasteiger partial charge in [0.1, 0.15) is 0 Å². The minimum absolute atomic E-state index is 0.294. The number of nitrogens with one attached hydrogen (secondary N) is 2. The van der Waals surface area contributed by atoms with E-state index < -0.39 is 0 Å². The first-order valence-electron chi connectivity index (χ1n) is 8.90. The maximum atomic E-state index is 4.34. The van der Waals surface area contributed by atoms with Crippen LogP contribution in [0.15, 0.2) is 65.7 Å². The van der Waals surface area contributed by atoms with E-state index in [0.29, 0.717) is 5.92 Å². The maximum Gasteiger partial charge on any atom is 0.191 e. The van der Waals surface area contributed by atoms with Crippen LogP contribution in [0, 0.1) is 0 Å². The number of hydrogen-bond donors (Lipinski definition) is 2. The van der Waals surface area contributed by atoms with Gasteiger partial charge in [-0.1, -0.05) is 60.7 Å². The van der Waals surface area contributed by atoms with Crippen LogP contribution in [-0.4, -0.2) is 51.6 Å². The summed E-state index contributed by atoms with van der Waals surface area (Å²) < 4.78 is 0. The fourth-order valence-electron chi connectivity index (χ4n) is 2.82. The van der Waals surface area contributed by atoms with Gasteiger partial charge < -0.3 is 15.5 Å². The van der Waals surface area contributed by atoms with Gasteiger partial charge in [0.25, 0.3) is 0 Å². The van der Waals surface area contributed by atoms with Gasteiger partial charge >= 0.3 is 0 Å². The Morgan fingerprint density at radius 3 is 1.96 bits per heavy atom. The van der Waals surface area contributed by atoms with Crippen LogP contribution in [-0.2, 0) is 0 Å². The molecule has 0 amide bonds. The molecule has 0 unspecified atom stereocenters. The molecule has 4 nitrogen and oxygen atoms in total. The van der Waals surface area contributed by atoms with Crippen LogP contribution >= 0.6 is 0 Å². The largest absolute Gasteiger partial charge is 0.356 e. The summed E-state index contributed by atoms with van der Waals surface area (Å²) in [5, 5.41) is 6.88. The van der Waals surface area contributed by atoms with Crippen molar-refractivity contribution in [3.8, 4) is 0 Å². The molecule has 0 aliphatic heterocycles. The Morgan fingerprint density at radius 2 is 1.48 bits per heavy atom. The van der Waals surface area contributed by atoms with E-state index in [1.807, 2.05) is 7.05 Å². The Balaban J connectivity index is 1.97. The lowest BCUT2D eigenvalue weighted by molar-refractivity contribution is 0.399. The number of aliphatic imine (C=N–C) groups is 1. The van der Waals surface area contributed by atoms with Gasteiger partial charge in [0, 0.05) is 26.1 Å². The van der Waals surface area contributed by atoms with Crippen molar-refractivity contribution in [2.45, 2.75) is 12.3 Å². The zero-order valence-electron chi connectivity index (χ0n) is 15.6. The molecule has 2 rings (SSSR count). The Bertz CT molecular complexity index is 583. The lowest BCUT2D eigenvalue weighted by Crippen LogP contribution is -2.40. The van der Waals surface area contributed by atoms with E-state index in [2.05, 4.69) is 95.3 Å². The zero-order valence-corrected chi connectivity index (χ0v) is 15.6. The number of rotatable bonds is 8. The molecule has 0 aliphatic rings. The molecule has 2 aromatic rings. The van der Waals surface area contributed by atoms with Gasteiger partial charge in [0.2, 0.25) is 0 Å². The summed E-state index contributed by atoms with van der Waals surface area (Å²) in [6.45, 7) is 2.79. The normalized spacial score (nSPS) is 11.8. The second kappa shape index (κ2) is 10.5. The zero-order chi connectivity index (χ0) is 17.9. The number of guanidine groups is 1. The topological polar surface area (TPSA) is 39.7 Å². The van der Waals surface area contributed by atoms with Crippen molar-refractivity contribution < 1.29 is 0 Å². The van der Waals surface area contributed by atoms with Crippen LogP contribution in [0.4, 0.5) is 0 Å². The molecule has 0 radical (unpaired) electrons. The molecule has 0 bridgehead atoms. The summed E-state index contributed by atoms with van der Waals surface area (Å²) in [7, 11) is 6.01. The highest BCUT2D eigenvalue weighted by Gasteiger charge is 2.14. The third-order valence-electron chi connectivity index (χ3n) is 4.18. The molecule has 0 fully saturated rings. The summed E-state index contributed by atoms with van der Waals surface area (Å²) in [6, 6.07) is 21.3. The quantitative estimate of drug-likeness (QED) is 0.442. The minimum atomic E-state index is 0.294. The summed E-state index contributed by atoms with van der Waals surface area (Å²) in [6.07, 6.45) is 1.09. The highest BCUT2D eigenvalue weighted by atomic mass is 15.2. The predicted molar refractivity (Wildman–Crippen MR) is 107 cm³/mol. The van der Waals surface area contributed by atoms with Crippen molar-refractivity contribution in [2.75, 3.05) is 40.8 Å². The van der Waals surface area contributed by atoms with Crippen LogP contribution in [0.2, 0.25) is 0 Å². The molecule has 0 saturated carbocycles. The van der Waals surface area contributed by atoms with Gasteiger partial charge in [-0.2, -0.15) is 0 Å². The van der Waals surface area contributed by atoms with Crippen molar-refractivity contribution in [1.29, 1.82) is 0 Å². The summed E-state index contributed by atoms with van der Waals surface area (Å²) in [5.74, 6) is 1.15. The minimum Gasteiger partial charge on any atom is -0.356 e. The van der Waals surface area contributed by atoms with Gasteiger partial charge in [0.05, 0.1) is 0 Å². The standard InChI is InChI=1S/C21H30N4/c1-22-21(23-15-10-16-25(2)3)24-17-20(18-11-6-4-7-12-18)19-13-8-5-9-14-19/h4-9,11-14,20H,10,15-17H2,1-3H3,(H2,22,23,24). The summed E-state index contributed by atoms with van der Waals surface area (Å²) in [4.78, 5) is 6.54. The number of benzene rings is 2. The van der Waals surface area contributed by atoms with Crippen LogP contribution in [0.25, 0.3) is 0 Å². The Morgan fingerprint density at radius 1 is 0.920 bits per heavy atom. The first kappa shape index (κ1) is 19.0. The second-order valence-corrected chi connectivity index (χ2v) is 6.41. The molecule has 4 heteroatoms. The lowest BCUT2D eigenvalue weighted by atomic mass is 9.91. The second-order valence-electron chi connectivity index (χ2n) is 6.41. The Kier molecular flexibility index (Phi) is 7.99. The van der Waals surface area contributed by atoms with Crippen LogP contribution < -0.4 is 10.6 Å². The highest BCUT2D eigenvalue weighted by Crippen LogP contribution is 2.23. The molecule has 0 aliphatic carbocycles. The highest BCUT2D eigenvalue weighted by molar-refractivity contribution is 5.79. The average Bonchev–Trinajstić information content (AvgIpc) is 2.65. The van der Waals surface area contributed by atoms with Crippen molar-refractivity contribution in [1.82, 2.24) is 15.5 Å². The fourth-order valence-corrected chi connectivity index (χ4v) is 2.82. The Labute approximate surface area is 152 Å². The average molecular weight is 338 g/mol. The predicted octanol–water partition coefficient (Wildman–Crippen LogP) is 2.94. The van der Waals surface area contributed by atoms with Gasteiger partial charge in [-0.05, 0) is 38.2 Å². The first-order chi connectivity index (χ1) is 12.2. The SMILES string of the molecule is CN=C(NCCCN(C)C)NCC(c1ccccc1)c1ccccc1. The summed E-state index contributed by atoms with van der Waals surface area (Å²) >= 11 is 0. The van der Waals surface area contributed by atoms with E-state index in [9.17, 15) is 0 Å². The molecule has 0 saturated heterocycles. The molecule has 2 aromatic carbocycles. The number of nitrogens with zero attached hydrogens (tertiary/aromatic N) is 2. The van der Waals surface area contributed by atoms with E-state index in [-0.39, 0.29) is 0 Å².